The summed E-state index contributed by atoms with van der Waals surface area (Å²) in [5.74, 6) is -3.33. The number of hydrogen-bond donors (Lipinski definition) is 2. The van der Waals surface area contributed by atoms with Gasteiger partial charge in [0.2, 0.25) is 0 Å². The number of rotatable bonds is 3. The van der Waals surface area contributed by atoms with Crippen LogP contribution in [0.1, 0.15) is 20.8 Å². The molecule has 6 nitrogen and oxygen atoms in total. The minimum absolute atomic E-state index is 0.145. The van der Waals surface area contributed by atoms with Gasteiger partial charge >= 0.3 is 17.8 Å². The van der Waals surface area contributed by atoms with Gasteiger partial charge in [-0.25, -0.2) is 14.9 Å². The lowest BCUT2D eigenvalue weighted by Gasteiger charge is -2.35. The molecule has 0 radical (unpaired) electrons. The molecule has 0 aliphatic carbocycles. The van der Waals surface area contributed by atoms with Crippen LogP contribution in [-0.2, 0) is 19.1 Å². The highest BCUT2D eigenvalue weighted by molar-refractivity contribution is 5.93. The molecule has 2 N–H and O–H groups in total. The van der Waals surface area contributed by atoms with Crippen LogP contribution in [0.3, 0.4) is 0 Å². The molecule has 0 bridgehead atoms. The second kappa shape index (κ2) is 4.63. The van der Waals surface area contributed by atoms with Gasteiger partial charge in [0.05, 0.1) is 0 Å². The standard InChI is InChI=1S/C10H15NO5/c1-6(2)11-10(7(3)12)15-8(13)4-5-9(14)16-10/h4-7,11-12H,1-3H3. The average molecular weight is 229 g/mol. The maximum Gasteiger partial charge on any atom is 0.345 e. The van der Waals surface area contributed by atoms with E-state index in [1.54, 1.807) is 13.8 Å². The number of nitrogens with one attached hydrogen (secondary N) is 1. The first-order valence-electron chi connectivity index (χ1n) is 4.95. The summed E-state index contributed by atoms with van der Waals surface area (Å²) in [6.45, 7) is 4.90. The lowest BCUT2D eigenvalue weighted by atomic mass is 10.2. The van der Waals surface area contributed by atoms with E-state index in [4.69, 9.17) is 9.47 Å². The van der Waals surface area contributed by atoms with Gasteiger partial charge in [0.15, 0.2) is 0 Å². The zero-order valence-corrected chi connectivity index (χ0v) is 9.39. The topological polar surface area (TPSA) is 84.9 Å². The van der Waals surface area contributed by atoms with Crippen molar-refractivity contribution in [3.8, 4) is 0 Å². The molecule has 6 heteroatoms. The molecule has 16 heavy (non-hydrogen) atoms. The Balaban J connectivity index is 3.00. The smallest absolute Gasteiger partial charge is 0.345 e. The lowest BCUT2D eigenvalue weighted by molar-refractivity contribution is -0.267. The summed E-state index contributed by atoms with van der Waals surface area (Å²) in [5.41, 5.74) is 0. The molecule has 1 atom stereocenters. The zero-order valence-electron chi connectivity index (χ0n) is 9.39. The lowest BCUT2D eigenvalue weighted by Crippen LogP contribution is -2.60. The summed E-state index contributed by atoms with van der Waals surface area (Å²) in [6.07, 6.45) is 0.714. The van der Waals surface area contributed by atoms with Crippen LogP contribution in [0.4, 0.5) is 0 Å². The number of aliphatic hydroxyl groups is 1. The second-order valence-corrected chi connectivity index (χ2v) is 3.82. The predicted octanol–water partition coefficient (Wildman–Crippen LogP) is -0.325. The van der Waals surface area contributed by atoms with Gasteiger partial charge in [-0.15, -0.1) is 0 Å². The van der Waals surface area contributed by atoms with Crippen LogP contribution in [-0.4, -0.2) is 35.1 Å². The Morgan fingerprint density at radius 3 is 1.94 bits per heavy atom. The molecule has 1 aliphatic rings. The third-order valence-corrected chi connectivity index (χ3v) is 1.90. The van der Waals surface area contributed by atoms with Crippen molar-refractivity contribution in [2.75, 3.05) is 0 Å². The normalized spacial score (nSPS) is 21.3. The Bertz CT molecular complexity index is 301. The van der Waals surface area contributed by atoms with Crippen LogP contribution < -0.4 is 5.32 Å². The Labute approximate surface area is 93.2 Å². The summed E-state index contributed by atoms with van der Waals surface area (Å²) >= 11 is 0. The van der Waals surface area contributed by atoms with E-state index in [0.29, 0.717) is 0 Å². The SMILES string of the molecule is CC(C)NC1(C(C)O)OC(=O)C=CC(=O)O1. The zero-order chi connectivity index (χ0) is 12.3. The minimum Gasteiger partial charge on any atom is -0.403 e. The number of carbonyl (C=O) groups excluding carboxylic acids is 2. The van der Waals surface area contributed by atoms with Gasteiger partial charge in [-0.3, -0.25) is 0 Å². The van der Waals surface area contributed by atoms with Gasteiger partial charge in [0.25, 0.3) is 0 Å². The number of ether oxygens (including phenoxy) is 2. The molecular weight excluding hydrogens is 214 g/mol. The van der Waals surface area contributed by atoms with Crippen LogP contribution in [0.5, 0.6) is 0 Å². The monoisotopic (exact) mass is 229 g/mol. The van der Waals surface area contributed by atoms with Crippen LogP contribution in [0.2, 0.25) is 0 Å². The fourth-order valence-corrected chi connectivity index (χ4v) is 1.28. The van der Waals surface area contributed by atoms with Crippen molar-refractivity contribution in [1.29, 1.82) is 0 Å². The van der Waals surface area contributed by atoms with Gasteiger partial charge in [-0.2, -0.15) is 0 Å². The van der Waals surface area contributed by atoms with E-state index in [1.807, 2.05) is 0 Å². The molecule has 1 unspecified atom stereocenters. The van der Waals surface area contributed by atoms with Gasteiger partial charge in [0.1, 0.15) is 6.10 Å². The van der Waals surface area contributed by atoms with E-state index in [1.165, 1.54) is 6.92 Å². The third kappa shape index (κ3) is 2.80. The molecule has 0 aromatic rings. The Hall–Kier alpha value is -1.40. The highest BCUT2D eigenvalue weighted by Gasteiger charge is 2.45. The van der Waals surface area contributed by atoms with Crippen LogP contribution in [0, 0.1) is 0 Å². The number of hydrogen-bond acceptors (Lipinski definition) is 6. The van der Waals surface area contributed by atoms with Crippen LogP contribution in [0.15, 0.2) is 12.2 Å². The maximum atomic E-state index is 11.2. The summed E-state index contributed by atoms with van der Waals surface area (Å²) in [4.78, 5) is 22.5. The van der Waals surface area contributed by atoms with Crippen molar-refractivity contribution in [3.05, 3.63) is 12.2 Å². The molecule has 0 saturated heterocycles. The largest absolute Gasteiger partial charge is 0.403 e. The number of esters is 2. The third-order valence-electron chi connectivity index (χ3n) is 1.90. The summed E-state index contributed by atoms with van der Waals surface area (Å²) in [5, 5.41) is 12.3. The van der Waals surface area contributed by atoms with Crippen molar-refractivity contribution < 1.29 is 24.2 Å². The fraction of sp³-hybridized carbons (Fsp3) is 0.600. The van der Waals surface area contributed by atoms with E-state index in [0.717, 1.165) is 12.2 Å². The van der Waals surface area contributed by atoms with Gasteiger partial charge in [-0.1, -0.05) is 0 Å². The Kier molecular flexibility index (Phi) is 3.66. The summed E-state index contributed by atoms with van der Waals surface area (Å²) in [6, 6.07) is -0.145. The molecule has 1 aliphatic heterocycles. The Morgan fingerprint density at radius 1 is 1.19 bits per heavy atom. The van der Waals surface area contributed by atoms with Gasteiger partial charge in [-0.05, 0) is 20.8 Å². The summed E-state index contributed by atoms with van der Waals surface area (Å²) < 4.78 is 9.82. The van der Waals surface area contributed by atoms with Crippen molar-refractivity contribution in [2.45, 2.75) is 38.8 Å². The predicted molar refractivity (Wildman–Crippen MR) is 54.0 cm³/mol. The molecule has 0 fully saturated rings. The fourth-order valence-electron chi connectivity index (χ4n) is 1.28. The number of carbonyl (C=O) groups is 2. The number of cyclic esters (lactones) is 2. The van der Waals surface area contributed by atoms with E-state index in [2.05, 4.69) is 5.32 Å². The van der Waals surface area contributed by atoms with E-state index >= 15 is 0 Å². The minimum atomic E-state index is -1.83. The van der Waals surface area contributed by atoms with Crippen LogP contribution in [0.25, 0.3) is 0 Å². The van der Waals surface area contributed by atoms with E-state index in [9.17, 15) is 14.7 Å². The molecule has 1 heterocycles. The van der Waals surface area contributed by atoms with Gasteiger partial charge < -0.3 is 14.6 Å². The molecule has 0 aromatic carbocycles. The van der Waals surface area contributed by atoms with Crippen LogP contribution >= 0.6 is 0 Å². The van der Waals surface area contributed by atoms with Crippen molar-refractivity contribution in [2.24, 2.45) is 0 Å². The maximum absolute atomic E-state index is 11.2. The van der Waals surface area contributed by atoms with E-state index in [-0.39, 0.29) is 6.04 Å². The van der Waals surface area contributed by atoms with Crippen molar-refractivity contribution in [1.82, 2.24) is 5.32 Å². The second-order valence-electron chi connectivity index (χ2n) is 3.82. The van der Waals surface area contributed by atoms with Gasteiger partial charge in [0, 0.05) is 18.2 Å². The molecule has 0 saturated carbocycles. The van der Waals surface area contributed by atoms with Crippen molar-refractivity contribution >= 4 is 11.9 Å². The highest BCUT2D eigenvalue weighted by Crippen LogP contribution is 2.19. The molecule has 0 spiro atoms. The van der Waals surface area contributed by atoms with E-state index < -0.39 is 24.0 Å². The Morgan fingerprint density at radius 2 is 1.62 bits per heavy atom. The summed E-state index contributed by atoms with van der Waals surface area (Å²) in [7, 11) is 0. The highest BCUT2D eigenvalue weighted by atomic mass is 16.8. The quantitative estimate of drug-likeness (QED) is 0.645. The first kappa shape index (κ1) is 12.7. The first-order valence-corrected chi connectivity index (χ1v) is 4.95. The average Bonchev–Trinajstić information content (AvgIpc) is 2.25. The molecule has 0 aromatic heterocycles. The number of aliphatic hydroxyl groups excluding tert-OH is 1. The molecular formula is C10H15NO5. The molecule has 0 amide bonds. The van der Waals surface area contributed by atoms with Crippen molar-refractivity contribution in [3.63, 3.8) is 0 Å². The first-order chi connectivity index (χ1) is 7.35. The molecule has 90 valence electrons. The molecule has 1 rings (SSSR count).